The molecular weight excluding hydrogens is 348 g/mol. The van der Waals surface area contributed by atoms with Gasteiger partial charge in [-0.3, -0.25) is 4.79 Å². The van der Waals surface area contributed by atoms with E-state index in [1.165, 1.54) is 7.11 Å². The van der Waals surface area contributed by atoms with Crippen molar-refractivity contribution in [1.82, 2.24) is 14.6 Å². The highest BCUT2D eigenvalue weighted by molar-refractivity contribution is 9.10. The van der Waals surface area contributed by atoms with E-state index in [2.05, 4.69) is 37.8 Å². The molecule has 118 valence electrons. The predicted molar refractivity (Wildman–Crippen MR) is 86.9 cm³/mol. The summed E-state index contributed by atoms with van der Waals surface area (Å²) >= 11 is 3.48. The molecular formula is C15H19BrN4O2. The number of carbonyl (C=O) groups excluding carboxylic acids is 1. The highest BCUT2D eigenvalue weighted by Gasteiger charge is 2.41. The minimum Gasteiger partial charge on any atom is -0.469 e. The second kappa shape index (κ2) is 5.53. The first-order chi connectivity index (χ1) is 10.5. The van der Waals surface area contributed by atoms with Gasteiger partial charge >= 0.3 is 5.97 Å². The Morgan fingerprint density at radius 1 is 1.50 bits per heavy atom. The summed E-state index contributed by atoms with van der Waals surface area (Å²) < 4.78 is 7.68. The maximum absolute atomic E-state index is 12.0. The first-order valence-corrected chi connectivity index (χ1v) is 8.09. The number of halogens is 1. The number of hydrogen-bond acceptors (Lipinski definition) is 5. The van der Waals surface area contributed by atoms with Gasteiger partial charge in [-0.1, -0.05) is 0 Å². The van der Waals surface area contributed by atoms with E-state index in [1.807, 2.05) is 23.6 Å². The van der Waals surface area contributed by atoms with Crippen molar-refractivity contribution in [3.05, 3.63) is 23.1 Å². The molecule has 3 heterocycles. The number of aromatic nitrogens is 3. The molecule has 2 atom stereocenters. The molecule has 0 amide bonds. The molecule has 0 aromatic carbocycles. The second-order valence-electron chi connectivity index (χ2n) is 6.09. The Hall–Kier alpha value is -1.63. The lowest BCUT2D eigenvalue weighted by molar-refractivity contribution is -0.153. The summed E-state index contributed by atoms with van der Waals surface area (Å²) in [5, 5.41) is 4.25. The van der Waals surface area contributed by atoms with Gasteiger partial charge in [-0.15, -0.1) is 0 Å². The van der Waals surface area contributed by atoms with E-state index in [-0.39, 0.29) is 12.0 Å². The van der Waals surface area contributed by atoms with Crippen LogP contribution >= 0.6 is 15.9 Å². The van der Waals surface area contributed by atoms with E-state index < -0.39 is 5.41 Å². The predicted octanol–water partition coefficient (Wildman–Crippen LogP) is 2.66. The molecule has 1 aliphatic heterocycles. The summed E-state index contributed by atoms with van der Waals surface area (Å²) in [6.45, 7) is 4.87. The maximum Gasteiger partial charge on any atom is 0.311 e. The van der Waals surface area contributed by atoms with Crippen molar-refractivity contribution in [2.75, 3.05) is 18.6 Å². The van der Waals surface area contributed by atoms with Crippen LogP contribution in [0.3, 0.4) is 0 Å². The Labute approximate surface area is 137 Å². The van der Waals surface area contributed by atoms with Gasteiger partial charge in [0.25, 0.3) is 0 Å². The second-order valence-corrected chi connectivity index (χ2v) is 6.90. The molecule has 0 bridgehead atoms. The minimum atomic E-state index is -0.420. The summed E-state index contributed by atoms with van der Waals surface area (Å²) in [4.78, 5) is 18.7. The number of carbonyl (C=O) groups is 1. The van der Waals surface area contributed by atoms with Crippen molar-refractivity contribution in [3.8, 4) is 0 Å². The molecule has 7 heteroatoms. The summed E-state index contributed by atoms with van der Waals surface area (Å²) in [5.74, 6) is 0.775. The van der Waals surface area contributed by atoms with E-state index >= 15 is 0 Å². The first-order valence-electron chi connectivity index (χ1n) is 7.29. The van der Waals surface area contributed by atoms with Gasteiger partial charge in [0.05, 0.1) is 12.5 Å². The number of fused-ring (bicyclic) bond motifs is 1. The average Bonchev–Trinajstić information content (AvgIpc) is 2.88. The van der Waals surface area contributed by atoms with Crippen LogP contribution in [-0.2, 0) is 9.53 Å². The fraction of sp³-hybridized carbons (Fsp3) is 0.533. The van der Waals surface area contributed by atoms with Crippen LogP contribution in [0.25, 0.3) is 5.52 Å². The summed E-state index contributed by atoms with van der Waals surface area (Å²) in [6.07, 6.45) is 3.06. The fourth-order valence-electron chi connectivity index (χ4n) is 3.31. The van der Waals surface area contributed by atoms with Gasteiger partial charge in [0, 0.05) is 12.6 Å². The normalized spacial score (nSPS) is 25.5. The molecule has 1 fully saturated rings. The van der Waals surface area contributed by atoms with Crippen molar-refractivity contribution < 1.29 is 9.53 Å². The van der Waals surface area contributed by atoms with Crippen molar-refractivity contribution >= 4 is 33.2 Å². The van der Waals surface area contributed by atoms with E-state index in [0.717, 1.165) is 35.3 Å². The molecule has 1 saturated heterocycles. The van der Waals surface area contributed by atoms with Crippen molar-refractivity contribution in [3.63, 3.8) is 0 Å². The lowest BCUT2D eigenvalue weighted by atomic mass is 9.77. The van der Waals surface area contributed by atoms with Crippen LogP contribution in [-0.4, -0.2) is 40.3 Å². The lowest BCUT2D eigenvalue weighted by Crippen LogP contribution is -2.48. The highest BCUT2D eigenvalue weighted by atomic mass is 79.9. The van der Waals surface area contributed by atoms with Crippen LogP contribution < -0.4 is 4.90 Å². The molecule has 2 aromatic rings. The summed E-state index contributed by atoms with van der Waals surface area (Å²) in [5.41, 5.74) is 0.541. The van der Waals surface area contributed by atoms with Crippen molar-refractivity contribution in [1.29, 1.82) is 0 Å². The molecule has 3 rings (SSSR count). The third-order valence-corrected chi connectivity index (χ3v) is 5.12. The van der Waals surface area contributed by atoms with Crippen LogP contribution in [0.15, 0.2) is 23.1 Å². The van der Waals surface area contributed by atoms with Crippen LogP contribution in [0, 0.1) is 5.41 Å². The molecule has 0 N–H and O–H groups in total. The molecule has 0 unspecified atom stereocenters. The monoisotopic (exact) mass is 366 g/mol. The average molecular weight is 367 g/mol. The van der Waals surface area contributed by atoms with Gasteiger partial charge in [0.15, 0.2) is 5.82 Å². The number of anilines is 1. The smallest absolute Gasteiger partial charge is 0.311 e. The topological polar surface area (TPSA) is 59.7 Å². The third kappa shape index (κ3) is 2.37. The number of hydrogen-bond donors (Lipinski definition) is 0. The quantitative estimate of drug-likeness (QED) is 0.764. The number of rotatable bonds is 2. The maximum atomic E-state index is 12.0. The Morgan fingerprint density at radius 2 is 2.27 bits per heavy atom. The van der Waals surface area contributed by atoms with Gasteiger partial charge in [0.1, 0.15) is 16.4 Å². The highest BCUT2D eigenvalue weighted by Crippen LogP contribution is 2.38. The SMILES string of the molecule is COC(=O)[C@@]1(C)CCN(c2ncnn3c(Br)ccc23)[C@@H](C)C1. The van der Waals surface area contributed by atoms with Crippen molar-refractivity contribution in [2.24, 2.45) is 5.41 Å². The van der Waals surface area contributed by atoms with Gasteiger partial charge in [0.2, 0.25) is 0 Å². The molecule has 6 nitrogen and oxygen atoms in total. The zero-order valence-corrected chi connectivity index (χ0v) is 14.5. The van der Waals surface area contributed by atoms with Gasteiger partial charge in [-0.05, 0) is 54.8 Å². The van der Waals surface area contributed by atoms with Crippen LogP contribution in [0.2, 0.25) is 0 Å². The van der Waals surface area contributed by atoms with Gasteiger partial charge in [-0.2, -0.15) is 5.10 Å². The fourth-order valence-corrected chi connectivity index (χ4v) is 3.72. The van der Waals surface area contributed by atoms with Crippen LogP contribution in [0.1, 0.15) is 26.7 Å². The molecule has 0 radical (unpaired) electrons. The van der Waals surface area contributed by atoms with Crippen molar-refractivity contribution in [2.45, 2.75) is 32.7 Å². The van der Waals surface area contributed by atoms with Crippen LogP contribution in [0.4, 0.5) is 5.82 Å². The zero-order valence-electron chi connectivity index (χ0n) is 12.9. The summed E-state index contributed by atoms with van der Waals surface area (Å²) in [6, 6.07) is 4.16. The van der Waals surface area contributed by atoms with E-state index in [0.29, 0.717) is 0 Å². The molecule has 1 aliphatic rings. The first kappa shape index (κ1) is 15.3. The van der Waals surface area contributed by atoms with E-state index in [9.17, 15) is 4.79 Å². The minimum absolute atomic E-state index is 0.128. The summed E-state index contributed by atoms with van der Waals surface area (Å²) in [7, 11) is 1.46. The van der Waals surface area contributed by atoms with Crippen LogP contribution in [0.5, 0.6) is 0 Å². The molecule has 0 saturated carbocycles. The van der Waals surface area contributed by atoms with E-state index in [4.69, 9.17) is 4.74 Å². The number of esters is 1. The third-order valence-electron chi connectivity index (χ3n) is 4.52. The lowest BCUT2D eigenvalue weighted by Gasteiger charge is -2.42. The Balaban J connectivity index is 1.92. The van der Waals surface area contributed by atoms with E-state index in [1.54, 1.807) is 6.33 Å². The van der Waals surface area contributed by atoms with Gasteiger partial charge < -0.3 is 9.64 Å². The number of ether oxygens (including phenoxy) is 1. The standard InChI is InChI=1S/C15H19BrN4O2/c1-10-8-15(2,14(21)22-3)6-7-19(10)13-11-4-5-12(16)20(11)18-9-17-13/h4-5,9-10H,6-8H2,1-3H3/t10-,15-/m0/s1. The molecule has 0 spiro atoms. The Bertz CT molecular complexity index is 717. The largest absolute Gasteiger partial charge is 0.469 e. The Kier molecular flexibility index (Phi) is 3.84. The number of nitrogens with zero attached hydrogens (tertiary/aromatic N) is 4. The molecule has 22 heavy (non-hydrogen) atoms. The Morgan fingerprint density at radius 3 is 2.95 bits per heavy atom. The number of piperidine rings is 1. The number of methoxy groups -OCH3 is 1. The molecule has 2 aromatic heterocycles. The van der Waals surface area contributed by atoms with Gasteiger partial charge in [-0.25, -0.2) is 9.50 Å². The molecule has 0 aliphatic carbocycles. The zero-order chi connectivity index (χ0) is 15.9.